The molecule has 0 radical (unpaired) electrons. The minimum absolute atomic E-state index is 0.0276. The molecule has 1 fully saturated rings. The number of carbonyl (C=O) groups is 2. The first-order valence-electron chi connectivity index (χ1n) is 10.4. The Morgan fingerprint density at radius 2 is 2.07 bits per heavy atom. The molecule has 30 heavy (non-hydrogen) atoms. The Labute approximate surface area is 179 Å². The lowest BCUT2D eigenvalue weighted by Crippen LogP contribution is -2.43. The van der Waals surface area contributed by atoms with Gasteiger partial charge in [-0.25, -0.2) is 4.39 Å². The van der Waals surface area contributed by atoms with Gasteiger partial charge in [0.2, 0.25) is 11.8 Å². The standard InChI is InChI=1S/C23H26FN3O2S/c1-15-19(20-13-17(24)4-5-21(20)26-15)14-22(28)27-10-7-16(8-11-27)23(29)25-9-6-18-3-2-12-30-18/h2-5,12-13,16,26H,6-11,14H2,1H3,(H,25,29). The molecule has 5 nitrogen and oxygen atoms in total. The molecule has 2 N–H and O–H groups in total. The summed E-state index contributed by atoms with van der Waals surface area (Å²) in [6.07, 6.45) is 2.45. The van der Waals surface area contributed by atoms with E-state index in [0.717, 1.165) is 28.6 Å². The minimum atomic E-state index is -0.305. The van der Waals surface area contributed by atoms with Crippen molar-refractivity contribution in [3.8, 4) is 0 Å². The number of piperidine rings is 1. The first-order chi connectivity index (χ1) is 14.5. The molecule has 0 atom stereocenters. The maximum absolute atomic E-state index is 13.7. The zero-order valence-corrected chi connectivity index (χ0v) is 17.9. The number of thiophene rings is 1. The molecule has 0 unspecified atom stereocenters. The SMILES string of the molecule is Cc1[nH]c2ccc(F)cc2c1CC(=O)N1CCC(C(=O)NCCc2cccs2)CC1. The van der Waals surface area contributed by atoms with Crippen LogP contribution in [0.4, 0.5) is 4.39 Å². The Morgan fingerprint density at radius 1 is 1.27 bits per heavy atom. The second kappa shape index (κ2) is 9.00. The Hall–Kier alpha value is -2.67. The van der Waals surface area contributed by atoms with E-state index >= 15 is 0 Å². The van der Waals surface area contributed by atoms with E-state index in [1.54, 1.807) is 17.4 Å². The Morgan fingerprint density at radius 3 is 2.80 bits per heavy atom. The molecule has 158 valence electrons. The molecular formula is C23H26FN3O2S. The number of aryl methyl sites for hydroxylation is 1. The van der Waals surface area contributed by atoms with Crippen molar-refractivity contribution in [3.05, 3.63) is 57.7 Å². The number of benzene rings is 1. The maximum Gasteiger partial charge on any atom is 0.227 e. The van der Waals surface area contributed by atoms with Gasteiger partial charge < -0.3 is 15.2 Å². The second-order valence-electron chi connectivity index (χ2n) is 7.87. The Bertz CT molecular complexity index is 1040. The van der Waals surface area contributed by atoms with Crippen molar-refractivity contribution in [2.45, 2.75) is 32.6 Å². The van der Waals surface area contributed by atoms with Gasteiger partial charge in [0.25, 0.3) is 0 Å². The summed E-state index contributed by atoms with van der Waals surface area (Å²) in [5.41, 5.74) is 2.58. The van der Waals surface area contributed by atoms with E-state index in [2.05, 4.69) is 16.4 Å². The van der Waals surface area contributed by atoms with Gasteiger partial charge in [0.05, 0.1) is 6.42 Å². The van der Waals surface area contributed by atoms with Gasteiger partial charge in [-0.3, -0.25) is 9.59 Å². The molecule has 4 rings (SSSR count). The van der Waals surface area contributed by atoms with Crippen molar-refractivity contribution in [3.63, 3.8) is 0 Å². The van der Waals surface area contributed by atoms with E-state index in [1.165, 1.54) is 17.0 Å². The van der Waals surface area contributed by atoms with E-state index < -0.39 is 0 Å². The topological polar surface area (TPSA) is 65.2 Å². The molecule has 0 spiro atoms. The van der Waals surface area contributed by atoms with Crippen LogP contribution in [0.3, 0.4) is 0 Å². The number of nitrogens with zero attached hydrogens (tertiary/aromatic N) is 1. The highest BCUT2D eigenvalue weighted by Gasteiger charge is 2.27. The summed E-state index contributed by atoms with van der Waals surface area (Å²) in [5.74, 6) is -0.233. The van der Waals surface area contributed by atoms with Crippen LogP contribution in [0.25, 0.3) is 10.9 Å². The third-order valence-corrected chi connectivity index (χ3v) is 6.81. The molecule has 1 aliphatic heterocycles. The van der Waals surface area contributed by atoms with Crippen LogP contribution in [-0.2, 0) is 22.4 Å². The first kappa shape index (κ1) is 20.6. The van der Waals surface area contributed by atoms with Gasteiger partial charge in [0, 0.05) is 47.0 Å². The monoisotopic (exact) mass is 427 g/mol. The Kier molecular flexibility index (Phi) is 6.18. The number of aromatic nitrogens is 1. The van der Waals surface area contributed by atoms with Crippen LogP contribution in [0.1, 0.15) is 29.0 Å². The van der Waals surface area contributed by atoms with Crippen molar-refractivity contribution >= 4 is 34.1 Å². The maximum atomic E-state index is 13.7. The largest absolute Gasteiger partial charge is 0.358 e. The molecule has 1 aliphatic rings. The molecular weight excluding hydrogens is 401 g/mol. The summed E-state index contributed by atoms with van der Waals surface area (Å²) in [6.45, 7) is 3.72. The predicted molar refractivity (Wildman–Crippen MR) is 117 cm³/mol. The number of rotatable bonds is 6. The molecule has 0 saturated carbocycles. The first-order valence-corrected chi connectivity index (χ1v) is 11.2. The highest BCUT2D eigenvalue weighted by Crippen LogP contribution is 2.25. The fourth-order valence-electron chi connectivity index (χ4n) is 4.14. The summed E-state index contributed by atoms with van der Waals surface area (Å²) in [4.78, 5) is 31.6. The lowest BCUT2D eigenvalue weighted by atomic mass is 9.95. The van der Waals surface area contributed by atoms with Gasteiger partial charge in [0.1, 0.15) is 5.82 Å². The van der Waals surface area contributed by atoms with Crippen LogP contribution in [0.2, 0.25) is 0 Å². The van der Waals surface area contributed by atoms with Gasteiger partial charge in [-0.05, 0) is 61.4 Å². The number of amides is 2. The van der Waals surface area contributed by atoms with Crippen molar-refractivity contribution < 1.29 is 14.0 Å². The van der Waals surface area contributed by atoms with Gasteiger partial charge in [0.15, 0.2) is 0 Å². The van der Waals surface area contributed by atoms with E-state index in [-0.39, 0.29) is 30.0 Å². The average molecular weight is 428 g/mol. The normalized spacial score (nSPS) is 14.9. The molecule has 2 amide bonds. The van der Waals surface area contributed by atoms with Crippen LogP contribution in [0.5, 0.6) is 0 Å². The van der Waals surface area contributed by atoms with Crippen LogP contribution in [-0.4, -0.2) is 41.3 Å². The molecule has 7 heteroatoms. The number of hydrogen-bond donors (Lipinski definition) is 2. The molecule has 3 heterocycles. The smallest absolute Gasteiger partial charge is 0.227 e. The minimum Gasteiger partial charge on any atom is -0.358 e. The van der Waals surface area contributed by atoms with Crippen LogP contribution >= 0.6 is 11.3 Å². The predicted octanol–water partition coefficient (Wildman–Crippen LogP) is 3.82. The van der Waals surface area contributed by atoms with Crippen molar-refractivity contribution in [2.24, 2.45) is 5.92 Å². The third kappa shape index (κ3) is 4.56. The molecule has 0 aliphatic carbocycles. The Balaban J connectivity index is 1.29. The average Bonchev–Trinajstić information content (AvgIpc) is 3.36. The van der Waals surface area contributed by atoms with Crippen LogP contribution in [0, 0.1) is 18.7 Å². The van der Waals surface area contributed by atoms with E-state index in [0.29, 0.717) is 32.5 Å². The fourth-order valence-corrected chi connectivity index (χ4v) is 4.85. The van der Waals surface area contributed by atoms with E-state index in [4.69, 9.17) is 0 Å². The van der Waals surface area contributed by atoms with Crippen LogP contribution in [0.15, 0.2) is 35.7 Å². The summed E-state index contributed by atoms with van der Waals surface area (Å²) in [6, 6.07) is 8.69. The molecule has 1 aromatic carbocycles. The molecule has 2 aromatic heterocycles. The van der Waals surface area contributed by atoms with Gasteiger partial charge >= 0.3 is 0 Å². The lowest BCUT2D eigenvalue weighted by Gasteiger charge is -2.31. The number of H-pyrrole nitrogens is 1. The van der Waals surface area contributed by atoms with Crippen molar-refractivity contribution in [1.29, 1.82) is 0 Å². The summed E-state index contributed by atoms with van der Waals surface area (Å²) >= 11 is 1.70. The van der Waals surface area contributed by atoms with Gasteiger partial charge in [-0.15, -0.1) is 11.3 Å². The van der Waals surface area contributed by atoms with Gasteiger partial charge in [-0.2, -0.15) is 0 Å². The zero-order valence-electron chi connectivity index (χ0n) is 17.0. The fraction of sp³-hybridized carbons (Fsp3) is 0.391. The van der Waals surface area contributed by atoms with E-state index in [1.807, 2.05) is 23.3 Å². The lowest BCUT2D eigenvalue weighted by molar-refractivity contribution is -0.135. The van der Waals surface area contributed by atoms with Crippen LogP contribution < -0.4 is 5.32 Å². The zero-order chi connectivity index (χ0) is 21.1. The van der Waals surface area contributed by atoms with Gasteiger partial charge in [-0.1, -0.05) is 6.07 Å². The number of fused-ring (bicyclic) bond motifs is 1. The quantitative estimate of drug-likeness (QED) is 0.628. The van der Waals surface area contributed by atoms with Crippen molar-refractivity contribution in [2.75, 3.05) is 19.6 Å². The summed E-state index contributed by atoms with van der Waals surface area (Å²) < 4.78 is 13.7. The third-order valence-electron chi connectivity index (χ3n) is 5.88. The highest BCUT2D eigenvalue weighted by molar-refractivity contribution is 7.09. The second-order valence-corrected chi connectivity index (χ2v) is 8.90. The molecule has 0 bridgehead atoms. The number of hydrogen-bond acceptors (Lipinski definition) is 3. The summed E-state index contributed by atoms with van der Waals surface area (Å²) in [5, 5.41) is 5.83. The highest BCUT2D eigenvalue weighted by atomic mass is 32.1. The van der Waals surface area contributed by atoms with Crippen molar-refractivity contribution in [1.82, 2.24) is 15.2 Å². The molecule has 3 aromatic rings. The number of nitrogens with one attached hydrogen (secondary N) is 2. The number of aromatic amines is 1. The summed E-state index contributed by atoms with van der Waals surface area (Å²) in [7, 11) is 0. The number of carbonyl (C=O) groups excluding carboxylic acids is 2. The number of likely N-dealkylation sites (tertiary alicyclic amines) is 1. The molecule has 1 saturated heterocycles. The van der Waals surface area contributed by atoms with E-state index in [9.17, 15) is 14.0 Å². The number of halogens is 1.